The minimum Gasteiger partial charge on any atom is -0.371 e. The average molecular weight is 446 g/mol. The number of amides is 1. The largest absolute Gasteiger partial charge is 0.371 e. The van der Waals surface area contributed by atoms with Gasteiger partial charge in [-0.15, -0.1) is 0 Å². The number of hydrogen-bond donors (Lipinski definition) is 1. The van der Waals surface area contributed by atoms with Crippen LogP contribution in [0.4, 0.5) is 10.1 Å². The smallest absolute Gasteiger partial charge is 0.253 e. The molecule has 172 valence electrons. The molecular formula is C28H32FN3O. The lowest BCUT2D eigenvalue weighted by Gasteiger charge is -2.35. The molecule has 2 heterocycles. The predicted octanol–water partition coefficient (Wildman–Crippen LogP) is 4.79. The van der Waals surface area contributed by atoms with E-state index in [1.807, 2.05) is 0 Å². The van der Waals surface area contributed by atoms with Crippen molar-refractivity contribution in [2.45, 2.75) is 69.7 Å². The van der Waals surface area contributed by atoms with Crippen molar-refractivity contribution >= 4 is 11.6 Å². The van der Waals surface area contributed by atoms with Gasteiger partial charge in [-0.2, -0.15) is 0 Å². The standard InChI is InChI=1S/C28H32FN3O/c29-26-12-22(32-14-16-1-2-17(7-16)15-32)8-18-3-5-21(11-24(18)26)31-28(33)20-10-25-23-9-19(23)4-6-27(25)30-13-20/h8,10,12-13,16-17,19,21,23H,1-7,9,11,14-15H2,(H,31,33)/t16?,17?,19-,21-,23+/m0/s1. The van der Waals surface area contributed by atoms with Gasteiger partial charge in [0.05, 0.1) is 5.56 Å². The van der Waals surface area contributed by atoms with E-state index in [-0.39, 0.29) is 17.8 Å². The van der Waals surface area contributed by atoms with E-state index in [0.29, 0.717) is 17.9 Å². The third-order valence-corrected chi connectivity index (χ3v) is 9.13. The van der Waals surface area contributed by atoms with Crippen LogP contribution in [0.5, 0.6) is 0 Å². The fourth-order valence-corrected chi connectivity index (χ4v) is 7.23. The molecule has 0 radical (unpaired) electrons. The Morgan fingerprint density at radius 3 is 2.73 bits per heavy atom. The molecule has 2 bridgehead atoms. The quantitative estimate of drug-likeness (QED) is 0.739. The van der Waals surface area contributed by atoms with Gasteiger partial charge in [-0.05, 0) is 116 Å². The van der Waals surface area contributed by atoms with Gasteiger partial charge >= 0.3 is 0 Å². The summed E-state index contributed by atoms with van der Waals surface area (Å²) < 4.78 is 15.2. The molecule has 2 aromatic rings. The molecule has 1 N–H and O–H groups in total. The van der Waals surface area contributed by atoms with Crippen LogP contribution in [0.3, 0.4) is 0 Å². The number of carbonyl (C=O) groups is 1. The van der Waals surface area contributed by atoms with Crippen molar-refractivity contribution in [1.82, 2.24) is 10.3 Å². The summed E-state index contributed by atoms with van der Waals surface area (Å²) in [6.45, 7) is 2.15. The van der Waals surface area contributed by atoms with Crippen molar-refractivity contribution in [3.8, 4) is 0 Å². The van der Waals surface area contributed by atoms with Gasteiger partial charge in [0.15, 0.2) is 0 Å². The highest BCUT2D eigenvalue weighted by Gasteiger charge is 2.43. The number of nitrogens with one attached hydrogen (secondary N) is 1. The van der Waals surface area contributed by atoms with Crippen LogP contribution in [0.1, 0.15) is 77.2 Å². The third-order valence-electron chi connectivity index (χ3n) is 9.13. The van der Waals surface area contributed by atoms with Gasteiger partial charge in [-0.1, -0.05) is 0 Å². The Labute approximate surface area is 195 Å². The second-order valence-electron chi connectivity index (χ2n) is 11.3. The van der Waals surface area contributed by atoms with Crippen LogP contribution < -0.4 is 10.2 Å². The zero-order chi connectivity index (χ0) is 22.1. The average Bonchev–Trinajstić information content (AvgIpc) is 3.56. The van der Waals surface area contributed by atoms with Crippen molar-refractivity contribution in [2.75, 3.05) is 18.0 Å². The second kappa shape index (κ2) is 7.54. The Kier molecular flexibility index (Phi) is 4.57. The topological polar surface area (TPSA) is 45.2 Å². The molecule has 5 heteroatoms. The summed E-state index contributed by atoms with van der Waals surface area (Å²) >= 11 is 0. The molecule has 1 aromatic heterocycles. The summed E-state index contributed by atoms with van der Waals surface area (Å²) in [5, 5.41) is 3.18. The van der Waals surface area contributed by atoms with Crippen molar-refractivity contribution in [3.05, 3.63) is 58.2 Å². The number of aromatic nitrogens is 1. The fourth-order valence-electron chi connectivity index (χ4n) is 7.23. The van der Waals surface area contributed by atoms with Crippen LogP contribution >= 0.6 is 0 Å². The number of halogens is 1. The Bertz CT molecular complexity index is 1120. The molecule has 1 saturated heterocycles. The summed E-state index contributed by atoms with van der Waals surface area (Å²) in [7, 11) is 0. The Hall–Kier alpha value is -2.43. The van der Waals surface area contributed by atoms with Gasteiger partial charge in [0.2, 0.25) is 0 Å². The molecule has 2 saturated carbocycles. The third kappa shape index (κ3) is 3.55. The molecular weight excluding hydrogens is 413 g/mol. The lowest BCUT2D eigenvalue weighted by molar-refractivity contribution is 0.0933. The summed E-state index contributed by atoms with van der Waals surface area (Å²) in [6, 6.07) is 6.01. The first-order valence-electron chi connectivity index (χ1n) is 13.0. The van der Waals surface area contributed by atoms with E-state index in [4.69, 9.17) is 0 Å². The molecule has 1 aliphatic heterocycles. The summed E-state index contributed by atoms with van der Waals surface area (Å²) in [5.41, 5.74) is 6.10. The molecule has 4 nitrogen and oxygen atoms in total. The van der Waals surface area contributed by atoms with Gasteiger partial charge < -0.3 is 10.2 Å². The van der Waals surface area contributed by atoms with E-state index in [0.717, 1.165) is 66.9 Å². The number of pyridine rings is 1. The van der Waals surface area contributed by atoms with Crippen molar-refractivity contribution in [3.63, 3.8) is 0 Å². The minimum absolute atomic E-state index is 0.0270. The predicted molar refractivity (Wildman–Crippen MR) is 126 cm³/mol. The second-order valence-corrected chi connectivity index (χ2v) is 11.3. The molecule has 33 heavy (non-hydrogen) atoms. The van der Waals surface area contributed by atoms with Crippen LogP contribution in [0.2, 0.25) is 0 Å². The highest BCUT2D eigenvalue weighted by atomic mass is 19.1. The molecule has 3 fully saturated rings. The Morgan fingerprint density at radius 2 is 1.88 bits per heavy atom. The van der Waals surface area contributed by atoms with E-state index in [9.17, 15) is 4.79 Å². The molecule has 5 aliphatic rings. The van der Waals surface area contributed by atoms with Gasteiger partial charge in [0, 0.05) is 36.7 Å². The highest BCUT2D eigenvalue weighted by molar-refractivity contribution is 5.94. The first kappa shape index (κ1) is 20.0. The number of piperidine rings is 1. The summed E-state index contributed by atoms with van der Waals surface area (Å²) in [4.78, 5) is 20.0. The monoisotopic (exact) mass is 445 g/mol. The molecule has 5 atom stereocenters. The maximum atomic E-state index is 15.2. The number of aryl methyl sites for hydroxylation is 2. The number of fused-ring (bicyclic) bond motifs is 6. The number of hydrogen-bond acceptors (Lipinski definition) is 3. The molecule has 0 spiro atoms. The maximum absolute atomic E-state index is 15.2. The molecule has 1 aromatic carbocycles. The number of anilines is 1. The minimum atomic E-state index is -0.102. The summed E-state index contributed by atoms with van der Waals surface area (Å²) in [5.74, 6) is 2.82. The van der Waals surface area contributed by atoms with Crippen LogP contribution in [-0.2, 0) is 19.3 Å². The first-order valence-corrected chi connectivity index (χ1v) is 13.0. The van der Waals surface area contributed by atoms with Crippen molar-refractivity contribution in [2.24, 2.45) is 17.8 Å². The normalized spacial score (nSPS) is 31.4. The number of nitrogens with zero attached hydrogens (tertiary/aromatic N) is 2. The molecule has 2 unspecified atom stereocenters. The fraction of sp³-hybridized carbons (Fsp3) is 0.571. The van der Waals surface area contributed by atoms with Gasteiger partial charge in [-0.3, -0.25) is 9.78 Å². The zero-order valence-corrected chi connectivity index (χ0v) is 19.2. The van der Waals surface area contributed by atoms with Gasteiger partial charge in [0.25, 0.3) is 5.91 Å². The molecule has 1 amide bonds. The number of carbonyl (C=O) groups excluding carboxylic acids is 1. The van der Waals surface area contributed by atoms with Crippen LogP contribution in [0.25, 0.3) is 0 Å². The van der Waals surface area contributed by atoms with Crippen molar-refractivity contribution in [1.29, 1.82) is 0 Å². The van der Waals surface area contributed by atoms with E-state index in [2.05, 4.69) is 27.3 Å². The highest BCUT2D eigenvalue weighted by Crippen LogP contribution is 2.54. The number of benzene rings is 1. The van der Waals surface area contributed by atoms with Crippen molar-refractivity contribution < 1.29 is 9.18 Å². The van der Waals surface area contributed by atoms with Crippen LogP contribution in [0, 0.1) is 23.6 Å². The summed E-state index contributed by atoms with van der Waals surface area (Å²) in [6.07, 6.45) is 11.5. The Morgan fingerprint density at radius 1 is 1.03 bits per heavy atom. The Balaban J connectivity index is 1.06. The lowest BCUT2D eigenvalue weighted by atomic mass is 9.86. The van der Waals surface area contributed by atoms with E-state index < -0.39 is 0 Å². The molecule has 7 rings (SSSR count). The maximum Gasteiger partial charge on any atom is 0.253 e. The lowest BCUT2D eigenvalue weighted by Crippen LogP contribution is -2.40. The van der Waals surface area contributed by atoms with Crippen LogP contribution in [0.15, 0.2) is 24.4 Å². The van der Waals surface area contributed by atoms with E-state index >= 15 is 4.39 Å². The molecule has 4 aliphatic carbocycles. The van der Waals surface area contributed by atoms with Gasteiger partial charge in [0.1, 0.15) is 5.82 Å². The van der Waals surface area contributed by atoms with E-state index in [1.165, 1.54) is 43.4 Å². The number of rotatable bonds is 3. The van der Waals surface area contributed by atoms with Gasteiger partial charge in [-0.25, -0.2) is 4.39 Å². The zero-order valence-electron chi connectivity index (χ0n) is 19.2. The van der Waals surface area contributed by atoms with Crippen LogP contribution in [-0.4, -0.2) is 30.0 Å². The van der Waals surface area contributed by atoms with E-state index in [1.54, 1.807) is 12.3 Å². The SMILES string of the molecule is O=C(N[C@H]1CCc2cc(N3CC4CCC(C4)C3)cc(F)c2C1)c1cnc2c(c1)[C@@H]1C[C@@H]1CC2. The first-order chi connectivity index (χ1) is 16.1.